The molecule has 28 heavy (non-hydrogen) atoms. The van der Waals surface area contributed by atoms with Crippen molar-refractivity contribution in [2.75, 3.05) is 6.61 Å². The Morgan fingerprint density at radius 3 is 2.36 bits per heavy atom. The van der Waals surface area contributed by atoms with Crippen molar-refractivity contribution in [3.05, 3.63) is 92.9 Å². The number of aryl methyl sites for hydroxylation is 2. The summed E-state index contributed by atoms with van der Waals surface area (Å²) in [5, 5.41) is 4.76. The average Bonchev–Trinajstić information content (AvgIpc) is 3.18. The Morgan fingerprint density at radius 1 is 1.07 bits per heavy atom. The molecule has 144 valence electrons. The molecule has 0 fully saturated rings. The minimum absolute atomic E-state index is 0.345. The molecule has 1 aromatic heterocycles. The molecule has 0 spiro atoms. The molecule has 6 heteroatoms. The maximum Gasteiger partial charge on any atom is 0.338 e. The lowest BCUT2D eigenvalue weighted by Gasteiger charge is -2.18. The molecular weight excluding hydrogens is 377 g/mol. The summed E-state index contributed by atoms with van der Waals surface area (Å²) in [6.07, 6.45) is 0. The lowest BCUT2D eigenvalue weighted by Crippen LogP contribution is -2.32. The lowest BCUT2D eigenvalue weighted by atomic mass is 10.1. The summed E-state index contributed by atoms with van der Waals surface area (Å²) in [5.41, 5.74) is 3.06. The van der Waals surface area contributed by atoms with Gasteiger partial charge >= 0.3 is 5.97 Å². The summed E-state index contributed by atoms with van der Waals surface area (Å²) in [6, 6.07) is 14.7. The smallest absolute Gasteiger partial charge is 0.338 e. The van der Waals surface area contributed by atoms with Gasteiger partial charge in [0.2, 0.25) is 0 Å². The zero-order valence-electron chi connectivity index (χ0n) is 15.6. The van der Waals surface area contributed by atoms with E-state index in [4.69, 9.17) is 4.74 Å². The van der Waals surface area contributed by atoms with Gasteiger partial charge < -0.3 is 10.1 Å². The van der Waals surface area contributed by atoms with Crippen LogP contribution in [0, 0.1) is 19.7 Å². The first-order valence-corrected chi connectivity index (χ1v) is 9.64. The number of ether oxygens (including phenoxy) is 1. The largest absolute Gasteiger partial charge is 0.452 e. The number of rotatable bonds is 6. The number of benzene rings is 2. The van der Waals surface area contributed by atoms with Gasteiger partial charge in [0.15, 0.2) is 6.61 Å². The van der Waals surface area contributed by atoms with Crippen molar-refractivity contribution in [3.63, 3.8) is 0 Å². The van der Waals surface area contributed by atoms with Crippen molar-refractivity contribution in [2.45, 2.75) is 19.9 Å². The van der Waals surface area contributed by atoms with E-state index in [2.05, 4.69) is 5.32 Å². The molecule has 3 aromatic rings. The van der Waals surface area contributed by atoms with E-state index in [0.29, 0.717) is 5.56 Å². The highest BCUT2D eigenvalue weighted by Crippen LogP contribution is 2.26. The highest BCUT2D eigenvalue weighted by atomic mass is 32.1. The molecule has 0 aliphatic carbocycles. The molecule has 0 unspecified atom stereocenters. The number of nitrogens with one attached hydrogen (secondary N) is 1. The van der Waals surface area contributed by atoms with Crippen molar-refractivity contribution in [1.82, 2.24) is 5.32 Å². The molecule has 0 bridgehead atoms. The number of carbonyl (C=O) groups is 2. The normalized spacial score (nSPS) is 11.7. The van der Waals surface area contributed by atoms with E-state index >= 15 is 0 Å². The Balaban J connectivity index is 1.67. The standard InChI is InChI=1S/C22H20FNO3S/c1-14-10-15(2)12-17(11-14)22(26)27-13-20(25)24-21(19-4-3-9-28-19)16-5-7-18(23)8-6-16/h3-12,21H,13H2,1-2H3,(H,24,25)/t21-/m0/s1. The number of amides is 1. The zero-order valence-corrected chi connectivity index (χ0v) is 16.4. The highest BCUT2D eigenvalue weighted by Gasteiger charge is 2.19. The van der Waals surface area contributed by atoms with Crippen LogP contribution in [0.3, 0.4) is 0 Å². The Kier molecular flexibility index (Phi) is 6.21. The van der Waals surface area contributed by atoms with Crippen LogP contribution < -0.4 is 5.32 Å². The van der Waals surface area contributed by atoms with Gasteiger partial charge in [0.05, 0.1) is 11.6 Å². The van der Waals surface area contributed by atoms with Gasteiger partial charge in [-0.3, -0.25) is 4.79 Å². The Hall–Kier alpha value is -2.99. The Bertz CT molecular complexity index is 948. The van der Waals surface area contributed by atoms with E-state index in [9.17, 15) is 14.0 Å². The maximum absolute atomic E-state index is 13.2. The summed E-state index contributed by atoms with van der Waals surface area (Å²) < 4.78 is 18.4. The maximum atomic E-state index is 13.2. The van der Waals surface area contributed by atoms with Crippen LogP contribution in [-0.2, 0) is 9.53 Å². The highest BCUT2D eigenvalue weighted by molar-refractivity contribution is 7.10. The second-order valence-corrected chi connectivity index (χ2v) is 7.50. The molecule has 1 heterocycles. The molecule has 3 rings (SSSR count). The summed E-state index contributed by atoms with van der Waals surface area (Å²) in [4.78, 5) is 25.5. The Labute approximate surface area is 167 Å². The number of esters is 1. The molecule has 0 aliphatic rings. The van der Waals surface area contributed by atoms with Gasteiger partial charge in [-0.2, -0.15) is 0 Å². The fourth-order valence-electron chi connectivity index (χ4n) is 2.94. The van der Waals surface area contributed by atoms with Crippen molar-refractivity contribution in [1.29, 1.82) is 0 Å². The first-order chi connectivity index (χ1) is 13.4. The van der Waals surface area contributed by atoms with Crippen LogP contribution in [0.2, 0.25) is 0 Å². The van der Waals surface area contributed by atoms with E-state index in [0.717, 1.165) is 21.6 Å². The van der Waals surface area contributed by atoms with Crippen LogP contribution in [0.15, 0.2) is 60.0 Å². The summed E-state index contributed by atoms with van der Waals surface area (Å²) >= 11 is 1.48. The second-order valence-electron chi connectivity index (χ2n) is 6.52. The van der Waals surface area contributed by atoms with Crippen LogP contribution >= 0.6 is 11.3 Å². The molecule has 1 N–H and O–H groups in total. The predicted octanol–water partition coefficient (Wildman–Crippen LogP) is 4.57. The zero-order chi connectivity index (χ0) is 20.1. The van der Waals surface area contributed by atoms with Crippen LogP contribution in [-0.4, -0.2) is 18.5 Å². The van der Waals surface area contributed by atoms with Gasteiger partial charge in [-0.25, -0.2) is 9.18 Å². The topological polar surface area (TPSA) is 55.4 Å². The average molecular weight is 397 g/mol. The van der Waals surface area contributed by atoms with Crippen molar-refractivity contribution < 1.29 is 18.7 Å². The molecule has 1 amide bonds. The predicted molar refractivity (Wildman–Crippen MR) is 107 cm³/mol. The summed E-state index contributed by atoms with van der Waals surface area (Å²) in [5.74, 6) is -1.32. The van der Waals surface area contributed by atoms with Gasteiger partial charge in [0.1, 0.15) is 5.82 Å². The van der Waals surface area contributed by atoms with Crippen LogP contribution in [0.5, 0.6) is 0 Å². The van der Waals surface area contributed by atoms with E-state index in [-0.39, 0.29) is 5.82 Å². The fraction of sp³-hybridized carbons (Fsp3) is 0.182. The van der Waals surface area contributed by atoms with Crippen LogP contribution in [0.25, 0.3) is 0 Å². The van der Waals surface area contributed by atoms with Gasteiger partial charge in [0.25, 0.3) is 5.91 Å². The molecule has 0 aliphatic heterocycles. The third-order valence-electron chi connectivity index (χ3n) is 4.13. The fourth-order valence-corrected chi connectivity index (χ4v) is 3.74. The second kappa shape index (κ2) is 8.80. The Morgan fingerprint density at radius 2 is 1.75 bits per heavy atom. The number of hydrogen-bond acceptors (Lipinski definition) is 4. The third-order valence-corrected chi connectivity index (χ3v) is 5.07. The van der Waals surface area contributed by atoms with Crippen molar-refractivity contribution in [3.8, 4) is 0 Å². The number of carbonyl (C=O) groups excluding carboxylic acids is 2. The van der Waals surface area contributed by atoms with Crippen LogP contribution in [0.4, 0.5) is 4.39 Å². The lowest BCUT2D eigenvalue weighted by molar-refractivity contribution is -0.124. The third kappa shape index (κ3) is 5.04. The minimum Gasteiger partial charge on any atom is -0.452 e. The summed E-state index contributed by atoms with van der Waals surface area (Å²) in [6.45, 7) is 3.39. The molecule has 0 saturated heterocycles. The van der Waals surface area contributed by atoms with Gasteiger partial charge in [-0.05, 0) is 55.1 Å². The summed E-state index contributed by atoms with van der Waals surface area (Å²) in [7, 11) is 0. The van der Waals surface area contributed by atoms with E-state index in [1.807, 2.05) is 37.4 Å². The molecule has 4 nitrogen and oxygen atoms in total. The van der Waals surface area contributed by atoms with Gasteiger partial charge in [0, 0.05) is 4.88 Å². The molecule has 0 radical (unpaired) electrons. The van der Waals surface area contributed by atoms with E-state index < -0.39 is 24.5 Å². The molecule has 0 saturated carbocycles. The first-order valence-electron chi connectivity index (χ1n) is 8.76. The quantitative estimate of drug-likeness (QED) is 0.620. The molecule has 2 aromatic carbocycles. The van der Waals surface area contributed by atoms with Crippen molar-refractivity contribution in [2.24, 2.45) is 0 Å². The number of halogens is 1. The minimum atomic E-state index is -0.545. The first kappa shape index (κ1) is 19.8. The number of thiophene rings is 1. The van der Waals surface area contributed by atoms with Crippen LogP contribution in [0.1, 0.15) is 38.0 Å². The van der Waals surface area contributed by atoms with Gasteiger partial charge in [-0.1, -0.05) is 35.4 Å². The monoisotopic (exact) mass is 397 g/mol. The van der Waals surface area contributed by atoms with E-state index in [1.54, 1.807) is 24.3 Å². The molecular formula is C22H20FNO3S. The van der Waals surface area contributed by atoms with E-state index in [1.165, 1.54) is 23.5 Å². The van der Waals surface area contributed by atoms with Crippen molar-refractivity contribution >= 4 is 23.2 Å². The SMILES string of the molecule is Cc1cc(C)cc(C(=O)OCC(=O)N[C@@H](c2ccc(F)cc2)c2cccs2)c1. The van der Waals surface area contributed by atoms with Gasteiger partial charge in [-0.15, -0.1) is 11.3 Å². The molecule has 1 atom stereocenters. The number of hydrogen-bond donors (Lipinski definition) is 1.